The average Bonchev–Trinajstić information content (AvgIpc) is 2.75. The van der Waals surface area contributed by atoms with Crippen LogP contribution < -0.4 is 0 Å². The molecule has 21 heavy (non-hydrogen) atoms. The van der Waals surface area contributed by atoms with E-state index < -0.39 is 11.6 Å². The number of benzene rings is 1. The summed E-state index contributed by atoms with van der Waals surface area (Å²) in [5.41, 5.74) is 2.80. The third kappa shape index (κ3) is 2.65. The van der Waals surface area contributed by atoms with Crippen LogP contribution in [0.3, 0.4) is 0 Å². The zero-order chi connectivity index (χ0) is 15.0. The number of rotatable bonds is 2. The third-order valence-electron chi connectivity index (χ3n) is 3.69. The summed E-state index contributed by atoms with van der Waals surface area (Å²) in [6, 6.07) is 5.52. The normalized spacial score (nSPS) is 14.8. The molecule has 2 heterocycles. The van der Waals surface area contributed by atoms with Crippen molar-refractivity contribution in [1.82, 2.24) is 14.7 Å². The van der Waals surface area contributed by atoms with Crippen LogP contribution in [0.15, 0.2) is 18.2 Å². The molecule has 0 amide bonds. The van der Waals surface area contributed by atoms with E-state index in [2.05, 4.69) is 16.1 Å². The van der Waals surface area contributed by atoms with Crippen LogP contribution in [0.1, 0.15) is 22.5 Å². The van der Waals surface area contributed by atoms with Gasteiger partial charge >= 0.3 is 0 Å². The van der Waals surface area contributed by atoms with Crippen molar-refractivity contribution in [3.63, 3.8) is 0 Å². The van der Waals surface area contributed by atoms with Crippen LogP contribution in [0, 0.1) is 23.0 Å². The first kappa shape index (κ1) is 13.7. The Balaban J connectivity index is 1.98. The summed E-state index contributed by atoms with van der Waals surface area (Å²) < 4.78 is 28.2. The number of hydrogen-bond donors (Lipinski definition) is 0. The van der Waals surface area contributed by atoms with Gasteiger partial charge in [-0.3, -0.25) is 4.68 Å². The Kier molecular flexibility index (Phi) is 3.43. The molecule has 4 nitrogen and oxygen atoms in total. The van der Waals surface area contributed by atoms with Gasteiger partial charge in [0, 0.05) is 36.8 Å². The summed E-state index contributed by atoms with van der Waals surface area (Å²) in [4.78, 5) is 2.12. The van der Waals surface area contributed by atoms with Crippen LogP contribution in [0.2, 0.25) is 0 Å². The van der Waals surface area contributed by atoms with Crippen molar-refractivity contribution >= 4 is 0 Å². The topological polar surface area (TPSA) is 44.9 Å². The second-order valence-electron chi connectivity index (χ2n) is 5.31. The second kappa shape index (κ2) is 5.26. The van der Waals surface area contributed by atoms with Crippen LogP contribution >= 0.6 is 0 Å². The van der Waals surface area contributed by atoms with E-state index >= 15 is 0 Å². The van der Waals surface area contributed by atoms with Gasteiger partial charge in [0.05, 0.1) is 6.54 Å². The van der Waals surface area contributed by atoms with E-state index in [-0.39, 0.29) is 6.54 Å². The fraction of sp³-hybridized carbons (Fsp3) is 0.333. The largest absolute Gasteiger partial charge is 0.302 e. The van der Waals surface area contributed by atoms with E-state index in [1.807, 2.05) is 7.05 Å². The van der Waals surface area contributed by atoms with Gasteiger partial charge in [-0.15, -0.1) is 0 Å². The fourth-order valence-corrected chi connectivity index (χ4v) is 2.72. The monoisotopic (exact) mass is 288 g/mol. The van der Waals surface area contributed by atoms with Gasteiger partial charge in [-0.05, 0) is 24.7 Å². The first-order chi connectivity index (χ1) is 10.1. The lowest BCUT2D eigenvalue weighted by molar-refractivity contribution is 0.308. The molecular formula is C15H14F2N4. The van der Waals surface area contributed by atoms with Gasteiger partial charge in [0.2, 0.25) is 0 Å². The van der Waals surface area contributed by atoms with E-state index in [9.17, 15) is 14.0 Å². The standard InChI is InChI=1S/C15H14F2N4/c1-20-3-2-15-13(9-20)14(7-18)19-21(15)8-10-4-11(16)6-12(17)5-10/h4-6H,2-3,8-9H2,1H3. The lowest BCUT2D eigenvalue weighted by atomic mass is 10.1. The molecule has 0 unspecified atom stereocenters. The molecule has 0 atom stereocenters. The van der Waals surface area contributed by atoms with Crippen LogP contribution in [0.4, 0.5) is 8.78 Å². The number of halogens is 2. The molecule has 0 bridgehead atoms. The molecule has 1 aromatic heterocycles. The Morgan fingerprint density at radius 1 is 1.29 bits per heavy atom. The van der Waals surface area contributed by atoms with E-state index in [1.54, 1.807) is 4.68 Å². The number of fused-ring (bicyclic) bond motifs is 1. The molecule has 0 radical (unpaired) electrons. The highest BCUT2D eigenvalue weighted by Crippen LogP contribution is 2.22. The summed E-state index contributed by atoms with van der Waals surface area (Å²) in [5, 5.41) is 13.5. The zero-order valence-corrected chi connectivity index (χ0v) is 11.6. The first-order valence-electron chi connectivity index (χ1n) is 6.69. The van der Waals surface area contributed by atoms with Gasteiger partial charge in [-0.25, -0.2) is 8.78 Å². The van der Waals surface area contributed by atoms with Crippen molar-refractivity contribution in [3.05, 3.63) is 52.3 Å². The van der Waals surface area contributed by atoms with Gasteiger partial charge in [-0.1, -0.05) is 0 Å². The summed E-state index contributed by atoms with van der Waals surface area (Å²) in [7, 11) is 1.99. The summed E-state index contributed by atoms with van der Waals surface area (Å²) >= 11 is 0. The molecule has 108 valence electrons. The molecular weight excluding hydrogens is 274 g/mol. The van der Waals surface area contributed by atoms with E-state index in [0.717, 1.165) is 30.3 Å². The molecule has 3 rings (SSSR count). The molecule has 2 aromatic rings. The molecule has 0 fully saturated rings. The highest BCUT2D eigenvalue weighted by molar-refractivity contribution is 5.37. The van der Waals surface area contributed by atoms with Crippen molar-refractivity contribution in [2.75, 3.05) is 13.6 Å². The van der Waals surface area contributed by atoms with Crippen LogP contribution in [0.5, 0.6) is 0 Å². The Morgan fingerprint density at radius 2 is 2.00 bits per heavy atom. The average molecular weight is 288 g/mol. The predicted octanol–water partition coefficient (Wildman–Crippen LogP) is 2.07. The van der Waals surface area contributed by atoms with Gasteiger partial charge in [0.1, 0.15) is 17.7 Å². The third-order valence-corrected chi connectivity index (χ3v) is 3.69. The number of aromatic nitrogens is 2. The van der Waals surface area contributed by atoms with Gasteiger partial charge in [0.15, 0.2) is 5.69 Å². The quantitative estimate of drug-likeness (QED) is 0.850. The Labute approximate surface area is 121 Å². The molecule has 0 spiro atoms. The van der Waals surface area contributed by atoms with Crippen molar-refractivity contribution in [2.24, 2.45) is 0 Å². The maximum absolute atomic E-state index is 13.3. The van der Waals surface area contributed by atoms with Crippen LogP contribution in [-0.4, -0.2) is 28.3 Å². The van der Waals surface area contributed by atoms with Crippen LogP contribution in [0.25, 0.3) is 0 Å². The zero-order valence-electron chi connectivity index (χ0n) is 11.6. The lowest BCUT2D eigenvalue weighted by Crippen LogP contribution is -2.27. The smallest absolute Gasteiger partial charge is 0.167 e. The van der Waals surface area contributed by atoms with Crippen molar-refractivity contribution < 1.29 is 8.78 Å². The summed E-state index contributed by atoms with van der Waals surface area (Å²) in [6.45, 7) is 1.82. The highest BCUT2D eigenvalue weighted by atomic mass is 19.1. The highest BCUT2D eigenvalue weighted by Gasteiger charge is 2.23. The number of nitriles is 1. The predicted molar refractivity (Wildman–Crippen MR) is 72.4 cm³/mol. The maximum Gasteiger partial charge on any atom is 0.167 e. The fourth-order valence-electron chi connectivity index (χ4n) is 2.72. The van der Waals surface area contributed by atoms with Crippen molar-refractivity contribution in [2.45, 2.75) is 19.5 Å². The molecule has 0 aliphatic carbocycles. The van der Waals surface area contributed by atoms with Crippen molar-refractivity contribution in [1.29, 1.82) is 5.26 Å². The molecule has 1 aliphatic rings. The Bertz CT molecular complexity index is 710. The van der Waals surface area contributed by atoms with Gasteiger partial charge < -0.3 is 4.90 Å². The second-order valence-corrected chi connectivity index (χ2v) is 5.31. The van der Waals surface area contributed by atoms with E-state index in [0.29, 0.717) is 17.8 Å². The summed E-state index contributed by atoms with van der Waals surface area (Å²) in [6.07, 6.45) is 0.776. The summed E-state index contributed by atoms with van der Waals surface area (Å²) in [5.74, 6) is -1.21. The minimum absolute atomic E-state index is 0.266. The Hall–Kier alpha value is -2.26. The van der Waals surface area contributed by atoms with E-state index in [1.165, 1.54) is 12.1 Å². The molecule has 0 N–H and O–H groups in total. The minimum atomic E-state index is -0.605. The minimum Gasteiger partial charge on any atom is -0.302 e. The van der Waals surface area contributed by atoms with Crippen molar-refractivity contribution in [3.8, 4) is 6.07 Å². The van der Waals surface area contributed by atoms with Crippen LogP contribution in [-0.2, 0) is 19.5 Å². The molecule has 6 heteroatoms. The van der Waals surface area contributed by atoms with Gasteiger partial charge in [0.25, 0.3) is 0 Å². The Morgan fingerprint density at radius 3 is 2.67 bits per heavy atom. The molecule has 1 aromatic carbocycles. The molecule has 1 aliphatic heterocycles. The first-order valence-corrected chi connectivity index (χ1v) is 6.69. The SMILES string of the molecule is CN1CCc2c(c(C#N)nn2Cc2cc(F)cc(F)c2)C1. The number of nitrogens with zero attached hydrogens (tertiary/aromatic N) is 4. The molecule has 0 saturated heterocycles. The number of hydrogen-bond acceptors (Lipinski definition) is 3. The molecule has 0 saturated carbocycles. The van der Waals surface area contributed by atoms with Gasteiger partial charge in [-0.2, -0.15) is 10.4 Å². The number of likely N-dealkylation sites (N-methyl/N-ethyl adjacent to an activating group) is 1. The lowest BCUT2D eigenvalue weighted by Gasteiger charge is -2.23. The maximum atomic E-state index is 13.3. The van der Waals surface area contributed by atoms with E-state index in [4.69, 9.17) is 0 Å².